The van der Waals surface area contributed by atoms with E-state index >= 15 is 0 Å². The van der Waals surface area contributed by atoms with Crippen molar-refractivity contribution in [2.45, 2.75) is 26.8 Å². The normalized spacial score (nSPS) is 15.6. The SMILES string of the molecule is CCN(CCO)c1ccc(C(=C2C=CC([NH+](CC)CCO)C=C2)c2ccc(N(CC)CCO)cc2)cc1. The van der Waals surface area contributed by atoms with Crippen molar-refractivity contribution in [3.63, 3.8) is 0 Å². The zero-order chi connectivity index (χ0) is 26.6. The molecule has 1 aliphatic rings. The smallest absolute Gasteiger partial charge is 0.126 e. The van der Waals surface area contributed by atoms with E-state index in [9.17, 15) is 15.3 Å². The first-order valence-electron chi connectivity index (χ1n) is 13.6. The lowest BCUT2D eigenvalue weighted by atomic mass is 9.90. The van der Waals surface area contributed by atoms with Crippen LogP contribution in [0.5, 0.6) is 0 Å². The van der Waals surface area contributed by atoms with Crippen LogP contribution < -0.4 is 14.7 Å². The van der Waals surface area contributed by atoms with E-state index in [4.69, 9.17) is 0 Å². The number of aliphatic hydroxyl groups is 3. The molecular weight excluding hydrogens is 462 g/mol. The van der Waals surface area contributed by atoms with Gasteiger partial charge >= 0.3 is 0 Å². The molecule has 4 N–H and O–H groups in total. The highest BCUT2D eigenvalue weighted by Crippen LogP contribution is 2.32. The summed E-state index contributed by atoms with van der Waals surface area (Å²) in [4.78, 5) is 5.68. The first-order chi connectivity index (χ1) is 18.1. The second kappa shape index (κ2) is 14.7. The summed E-state index contributed by atoms with van der Waals surface area (Å²) in [5.41, 5.74) is 6.79. The van der Waals surface area contributed by atoms with Crippen LogP contribution in [-0.4, -0.2) is 80.5 Å². The van der Waals surface area contributed by atoms with Gasteiger partial charge in [-0.1, -0.05) is 36.4 Å². The fraction of sp³-hybridized carbons (Fsp3) is 0.419. The molecule has 0 saturated heterocycles. The van der Waals surface area contributed by atoms with E-state index in [0.29, 0.717) is 13.1 Å². The molecule has 1 aliphatic carbocycles. The summed E-state index contributed by atoms with van der Waals surface area (Å²) in [6.07, 6.45) is 8.91. The van der Waals surface area contributed by atoms with Crippen molar-refractivity contribution >= 4 is 16.9 Å². The fourth-order valence-corrected chi connectivity index (χ4v) is 5.05. The third-order valence-corrected chi connectivity index (χ3v) is 7.16. The van der Waals surface area contributed by atoms with Crippen LogP contribution in [0.3, 0.4) is 0 Å². The number of benzene rings is 2. The second-order valence-electron chi connectivity index (χ2n) is 9.26. The number of likely N-dealkylation sites (N-methyl/N-ethyl adjacent to an activating group) is 3. The molecule has 0 aromatic heterocycles. The monoisotopic (exact) mass is 506 g/mol. The van der Waals surface area contributed by atoms with Crippen LogP contribution in [0, 0.1) is 0 Å². The fourth-order valence-electron chi connectivity index (χ4n) is 5.05. The van der Waals surface area contributed by atoms with E-state index < -0.39 is 0 Å². The molecule has 1 unspecified atom stereocenters. The standard InChI is InChI=1S/C31H43N3O3/c1-4-32(19-22-35)28-13-7-25(8-14-28)31(26-9-15-29(16-10-26)33(5-2)20-23-36)27-11-17-30(18-12-27)34(6-3)21-24-37/h7-18,28,35-37H,4-6,19-24H2,1-3H3/p+1. The average molecular weight is 507 g/mol. The van der Waals surface area contributed by atoms with Gasteiger partial charge in [-0.25, -0.2) is 0 Å². The predicted molar refractivity (Wildman–Crippen MR) is 154 cm³/mol. The highest BCUT2D eigenvalue weighted by Gasteiger charge is 2.19. The van der Waals surface area contributed by atoms with Gasteiger partial charge in [-0.15, -0.1) is 0 Å². The molecule has 37 heavy (non-hydrogen) atoms. The molecule has 6 nitrogen and oxygen atoms in total. The van der Waals surface area contributed by atoms with Crippen molar-refractivity contribution in [2.75, 3.05) is 68.9 Å². The molecule has 0 amide bonds. The molecule has 200 valence electrons. The van der Waals surface area contributed by atoms with Gasteiger partial charge in [0.1, 0.15) is 12.6 Å². The minimum Gasteiger partial charge on any atom is -0.395 e. The Kier molecular flexibility index (Phi) is 11.4. The molecule has 1 atom stereocenters. The van der Waals surface area contributed by atoms with E-state index in [1.807, 2.05) is 0 Å². The number of anilines is 2. The molecule has 0 radical (unpaired) electrons. The van der Waals surface area contributed by atoms with Crippen molar-refractivity contribution in [3.05, 3.63) is 89.5 Å². The number of aliphatic hydroxyl groups excluding tert-OH is 3. The van der Waals surface area contributed by atoms with E-state index in [1.54, 1.807) is 0 Å². The van der Waals surface area contributed by atoms with E-state index in [0.717, 1.165) is 54.3 Å². The Balaban J connectivity index is 2.01. The number of nitrogens with zero attached hydrogens (tertiary/aromatic N) is 2. The third-order valence-electron chi connectivity index (χ3n) is 7.16. The van der Waals surface area contributed by atoms with Crippen molar-refractivity contribution in [3.8, 4) is 0 Å². The topological polar surface area (TPSA) is 71.6 Å². The number of hydrogen-bond acceptors (Lipinski definition) is 5. The molecule has 0 fully saturated rings. The van der Waals surface area contributed by atoms with Crippen LogP contribution in [-0.2, 0) is 0 Å². The minimum atomic E-state index is 0.131. The summed E-state index contributed by atoms with van der Waals surface area (Å²) in [7, 11) is 0. The zero-order valence-corrected chi connectivity index (χ0v) is 22.6. The van der Waals surface area contributed by atoms with Crippen LogP contribution in [0.1, 0.15) is 31.9 Å². The number of hydrogen-bond donors (Lipinski definition) is 4. The van der Waals surface area contributed by atoms with Gasteiger partial charge in [-0.2, -0.15) is 0 Å². The molecule has 0 spiro atoms. The summed E-state index contributed by atoms with van der Waals surface area (Å²) in [6, 6.07) is 17.4. The van der Waals surface area contributed by atoms with Crippen molar-refractivity contribution < 1.29 is 20.2 Å². The van der Waals surface area contributed by atoms with E-state index in [2.05, 4.69) is 103 Å². The lowest BCUT2D eigenvalue weighted by Gasteiger charge is -2.25. The highest BCUT2D eigenvalue weighted by molar-refractivity contribution is 5.86. The van der Waals surface area contributed by atoms with Crippen LogP contribution >= 0.6 is 0 Å². The van der Waals surface area contributed by atoms with Gasteiger partial charge in [0.15, 0.2) is 0 Å². The Bertz CT molecular complexity index is 969. The summed E-state index contributed by atoms with van der Waals surface area (Å²) in [5, 5.41) is 28.3. The Morgan fingerprint density at radius 3 is 1.51 bits per heavy atom. The van der Waals surface area contributed by atoms with Gasteiger partial charge in [0.05, 0.1) is 26.4 Å². The molecule has 2 aromatic rings. The Hall–Kier alpha value is -2.90. The van der Waals surface area contributed by atoms with Crippen molar-refractivity contribution in [2.24, 2.45) is 0 Å². The molecule has 3 rings (SSSR count). The number of rotatable bonds is 14. The van der Waals surface area contributed by atoms with Crippen molar-refractivity contribution in [1.82, 2.24) is 0 Å². The first kappa shape index (κ1) is 28.7. The van der Waals surface area contributed by atoms with Gasteiger partial charge in [-0.3, -0.25) is 0 Å². The Morgan fingerprint density at radius 1 is 0.703 bits per heavy atom. The minimum absolute atomic E-state index is 0.131. The molecule has 0 saturated carbocycles. The van der Waals surface area contributed by atoms with Crippen LogP contribution in [0.25, 0.3) is 5.57 Å². The lowest BCUT2D eigenvalue weighted by Crippen LogP contribution is -3.15. The average Bonchev–Trinajstić information content (AvgIpc) is 2.95. The third kappa shape index (κ3) is 7.33. The lowest BCUT2D eigenvalue weighted by molar-refractivity contribution is -0.910. The largest absolute Gasteiger partial charge is 0.395 e. The first-order valence-corrected chi connectivity index (χ1v) is 13.6. The molecule has 0 heterocycles. The van der Waals surface area contributed by atoms with E-state index in [1.165, 1.54) is 10.5 Å². The zero-order valence-electron chi connectivity index (χ0n) is 22.6. The summed E-state index contributed by atoms with van der Waals surface area (Å²) < 4.78 is 0. The predicted octanol–water partition coefficient (Wildman–Crippen LogP) is 2.52. The van der Waals surface area contributed by atoms with Crippen LogP contribution in [0.2, 0.25) is 0 Å². The van der Waals surface area contributed by atoms with Gasteiger partial charge in [-0.05, 0) is 79.5 Å². The molecule has 2 aromatic carbocycles. The number of allylic oxidation sites excluding steroid dienone is 3. The van der Waals surface area contributed by atoms with Gasteiger partial charge in [0.25, 0.3) is 0 Å². The molecule has 0 aliphatic heterocycles. The maximum absolute atomic E-state index is 9.45. The number of quaternary nitrogens is 1. The Morgan fingerprint density at radius 2 is 1.16 bits per heavy atom. The summed E-state index contributed by atoms with van der Waals surface area (Å²) in [5.74, 6) is 0. The summed E-state index contributed by atoms with van der Waals surface area (Å²) in [6.45, 7) is 11.4. The maximum atomic E-state index is 9.45. The number of nitrogens with one attached hydrogen (secondary N) is 1. The quantitative estimate of drug-likeness (QED) is 0.317. The summed E-state index contributed by atoms with van der Waals surface area (Å²) >= 11 is 0. The molecule has 0 bridgehead atoms. The van der Waals surface area contributed by atoms with Crippen molar-refractivity contribution in [1.29, 1.82) is 0 Å². The van der Waals surface area contributed by atoms with E-state index in [-0.39, 0.29) is 25.9 Å². The highest BCUT2D eigenvalue weighted by atomic mass is 16.3. The van der Waals surface area contributed by atoms with Gasteiger partial charge in [0, 0.05) is 37.6 Å². The van der Waals surface area contributed by atoms with Crippen LogP contribution in [0.4, 0.5) is 11.4 Å². The Labute approximate surface area is 222 Å². The van der Waals surface area contributed by atoms with Crippen LogP contribution in [0.15, 0.2) is 78.4 Å². The van der Waals surface area contributed by atoms with Gasteiger partial charge < -0.3 is 30.0 Å². The molecular formula is C31H44N3O3+. The molecule has 6 heteroatoms. The second-order valence-corrected chi connectivity index (χ2v) is 9.26. The maximum Gasteiger partial charge on any atom is 0.126 e. The van der Waals surface area contributed by atoms with Gasteiger partial charge in [0.2, 0.25) is 0 Å².